The summed E-state index contributed by atoms with van der Waals surface area (Å²) in [5, 5.41) is 3.36. The number of β-lactam (4-membered cyclic amide) rings is 1. The first-order chi connectivity index (χ1) is 19.2. The topological polar surface area (TPSA) is 94.4 Å². The lowest BCUT2D eigenvalue weighted by Crippen LogP contribution is -2.61. The molecule has 6 rings (SSSR count). The molecule has 0 spiro atoms. The molecule has 1 aliphatic heterocycles. The van der Waals surface area contributed by atoms with Gasteiger partial charge in [0.15, 0.2) is 11.5 Å². The Kier molecular flexibility index (Phi) is 6.78. The van der Waals surface area contributed by atoms with Gasteiger partial charge in [0.05, 0.1) is 13.4 Å². The molecule has 1 saturated heterocycles. The Labute approximate surface area is 226 Å². The van der Waals surface area contributed by atoms with Crippen molar-refractivity contribution in [2.45, 2.75) is 25.2 Å². The summed E-state index contributed by atoms with van der Waals surface area (Å²) in [4.78, 5) is 28.6. The summed E-state index contributed by atoms with van der Waals surface area (Å²) < 4.78 is 13.7. The van der Waals surface area contributed by atoms with Crippen LogP contribution < -0.4 is 14.8 Å². The minimum absolute atomic E-state index is 0.0703. The van der Waals surface area contributed by atoms with Gasteiger partial charge in [-0.3, -0.25) is 4.79 Å². The number of imidazole rings is 1. The number of rotatable bonds is 10. The maximum atomic E-state index is 13.3. The largest absolute Gasteiger partial charge is 0.496 e. The zero-order chi connectivity index (χ0) is 26.6. The first-order valence-electron chi connectivity index (χ1n) is 12.8. The van der Waals surface area contributed by atoms with Crippen molar-refractivity contribution >= 4 is 22.9 Å². The molecule has 0 saturated carbocycles. The first kappa shape index (κ1) is 24.4. The highest BCUT2D eigenvalue weighted by Crippen LogP contribution is 2.41. The van der Waals surface area contributed by atoms with E-state index in [0.717, 1.165) is 16.9 Å². The van der Waals surface area contributed by atoms with E-state index in [0.29, 0.717) is 42.4 Å². The number of hydrogen-bond donors (Lipinski definition) is 1. The van der Waals surface area contributed by atoms with Gasteiger partial charge in [0.25, 0.3) is 5.91 Å². The van der Waals surface area contributed by atoms with Crippen LogP contribution in [0.4, 0.5) is 5.82 Å². The second kappa shape index (κ2) is 10.8. The Balaban J connectivity index is 1.21. The highest BCUT2D eigenvalue weighted by Gasteiger charge is 2.50. The number of carbonyl (C=O) groups excluding carboxylic acids is 1. The second-order valence-electron chi connectivity index (χ2n) is 9.24. The molecule has 3 aromatic carbocycles. The van der Waals surface area contributed by atoms with E-state index in [-0.39, 0.29) is 11.9 Å². The summed E-state index contributed by atoms with van der Waals surface area (Å²) in [6.45, 7) is 1.60. The van der Waals surface area contributed by atoms with Crippen molar-refractivity contribution in [2.24, 2.45) is 0 Å². The van der Waals surface area contributed by atoms with Crippen molar-refractivity contribution in [3.63, 3.8) is 0 Å². The molecule has 1 fully saturated rings. The number of nitrogens with one attached hydrogen (secondary N) is 1. The van der Waals surface area contributed by atoms with Gasteiger partial charge in [0.2, 0.25) is 6.10 Å². The molecule has 9 nitrogen and oxygen atoms in total. The maximum absolute atomic E-state index is 13.3. The Hall–Kier alpha value is -4.92. The lowest BCUT2D eigenvalue weighted by Gasteiger charge is -2.47. The third-order valence-corrected chi connectivity index (χ3v) is 6.90. The van der Waals surface area contributed by atoms with Crippen LogP contribution in [0.1, 0.15) is 17.2 Å². The molecule has 9 heteroatoms. The second-order valence-corrected chi connectivity index (χ2v) is 9.24. The van der Waals surface area contributed by atoms with Crippen molar-refractivity contribution in [1.82, 2.24) is 24.4 Å². The molecule has 2 aromatic heterocycles. The van der Waals surface area contributed by atoms with Crippen molar-refractivity contribution in [3.8, 4) is 11.5 Å². The molecular formula is C30H28N6O3. The number of ether oxygens (including phenoxy) is 2. The fourth-order valence-electron chi connectivity index (χ4n) is 4.94. The van der Waals surface area contributed by atoms with Gasteiger partial charge in [-0.25, -0.2) is 15.0 Å². The third-order valence-electron chi connectivity index (χ3n) is 6.90. The number of fused-ring (bicyclic) bond motifs is 1. The number of hydrogen-bond acceptors (Lipinski definition) is 7. The molecular weight excluding hydrogens is 492 g/mol. The van der Waals surface area contributed by atoms with Crippen LogP contribution in [0.5, 0.6) is 11.5 Å². The van der Waals surface area contributed by atoms with Gasteiger partial charge in [-0.15, -0.1) is 0 Å². The quantitative estimate of drug-likeness (QED) is 0.271. The van der Waals surface area contributed by atoms with Crippen LogP contribution in [-0.4, -0.2) is 50.1 Å². The van der Waals surface area contributed by atoms with E-state index in [1.54, 1.807) is 13.4 Å². The van der Waals surface area contributed by atoms with E-state index < -0.39 is 6.10 Å². The first-order valence-corrected chi connectivity index (χ1v) is 12.8. The summed E-state index contributed by atoms with van der Waals surface area (Å²) in [5.74, 6) is 1.98. The zero-order valence-corrected chi connectivity index (χ0v) is 21.5. The van der Waals surface area contributed by atoms with Crippen molar-refractivity contribution in [2.75, 3.05) is 19.0 Å². The van der Waals surface area contributed by atoms with Gasteiger partial charge in [-0.05, 0) is 23.8 Å². The van der Waals surface area contributed by atoms with Crippen LogP contribution in [0, 0.1) is 0 Å². The Bertz CT molecular complexity index is 1570. The number of amides is 1. The molecule has 0 bridgehead atoms. The van der Waals surface area contributed by atoms with Crippen LogP contribution in [0.3, 0.4) is 0 Å². The van der Waals surface area contributed by atoms with Crippen molar-refractivity contribution in [3.05, 3.63) is 109 Å². The van der Waals surface area contributed by atoms with Gasteiger partial charge in [0, 0.05) is 25.2 Å². The maximum Gasteiger partial charge on any atom is 0.266 e. The minimum atomic E-state index is -0.639. The van der Waals surface area contributed by atoms with E-state index in [4.69, 9.17) is 9.47 Å². The molecule has 0 unspecified atom stereocenters. The van der Waals surface area contributed by atoms with Crippen LogP contribution in [-0.2, 0) is 17.9 Å². The number of anilines is 1. The van der Waals surface area contributed by atoms with Gasteiger partial charge in [-0.2, -0.15) is 0 Å². The van der Waals surface area contributed by atoms with E-state index in [2.05, 4.69) is 32.4 Å². The van der Waals surface area contributed by atoms with Gasteiger partial charge in [0.1, 0.15) is 29.4 Å². The van der Waals surface area contributed by atoms with Gasteiger partial charge < -0.3 is 24.3 Å². The lowest BCUT2D eigenvalue weighted by molar-refractivity contribution is -0.164. The Morgan fingerprint density at radius 2 is 1.62 bits per heavy atom. The molecule has 1 amide bonds. The number of benzene rings is 3. The fourth-order valence-corrected chi connectivity index (χ4v) is 4.94. The molecule has 39 heavy (non-hydrogen) atoms. The average Bonchev–Trinajstić information content (AvgIpc) is 3.41. The summed E-state index contributed by atoms with van der Waals surface area (Å²) in [6.07, 6.45) is 2.64. The number of aromatic nitrogens is 4. The monoisotopic (exact) mass is 520 g/mol. The predicted octanol–water partition coefficient (Wildman–Crippen LogP) is 4.48. The molecule has 1 aliphatic rings. The summed E-state index contributed by atoms with van der Waals surface area (Å²) in [6, 6.07) is 27.0. The SMILES string of the molecule is COc1ccccc1[C@@H]1[C@H](Oc2ccccc2)C(=O)N1CCn1cnc2c(NCc3ccccc3)ncnc21. The van der Waals surface area contributed by atoms with Crippen LogP contribution in [0.25, 0.3) is 11.2 Å². The molecule has 2 atom stereocenters. The standard InChI is InChI=1S/C30H28N6O3/c1-38-24-15-9-8-14-23(24)26-27(39-22-12-6-3-7-13-22)30(37)36(26)17-16-35-20-34-25-28(32-19-33-29(25)35)31-18-21-10-4-2-5-11-21/h2-15,19-20,26-27H,16-18H2,1H3,(H,31,32,33)/t26-,27+/m1/s1. The van der Waals surface area contributed by atoms with Gasteiger partial charge >= 0.3 is 0 Å². The number of methoxy groups -OCH3 is 1. The molecule has 3 heterocycles. The third kappa shape index (κ3) is 4.86. The predicted molar refractivity (Wildman–Crippen MR) is 147 cm³/mol. The number of para-hydroxylation sites is 2. The molecule has 5 aromatic rings. The highest BCUT2D eigenvalue weighted by atomic mass is 16.5. The Morgan fingerprint density at radius 3 is 2.41 bits per heavy atom. The normalized spacial score (nSPS) is 16.6. The summed E-state index contributed by atoms with van der Waals surface area (Å²) >= 11 is 0. The van der Waals surface area contributed by atoms with Crippen molar-refractivity contribution < 1.29 is 14.3 Å². The van der Waals surface area contributed by atoms with Crippen LogP contribution in [0.2, 0.25) is 0 Å². The van der Waals surface area contributed by atoms with Crippen LogP contribution in [0.15, 0.2) is 97.6 Å². The number of carbonyl (C=O) groups is 1. The number of likely N-dealkylation sites (tertiary alicyclic amines) is 1. The smallest absolute Gasteiger partial charge is 0.266 e. The molecule has 1 N–H and O–H groups in total. The van der Waals surface area contributed by atoms with E-state index >= 15 is 0 Å². The highest BCUT2D eigenvalue weighted by molar-refractivity contribution is 5.89. The summed E-state index contributed by atoms with van der Waals surface area (Å²) in [5.41, 5.74) is 3.45. The van der Waals surface area contributed by atoms with E-state index in [1.165, 1.54) is 6.33 Å². The van der Waals surface area contributed by atoms with E-state index in [9.17, 15) is 4.79 Å². The molecule has 196 valence electrons. The van der Waals surface area contributed by atoms with Gasteiger partial charge in [-0.1, -0.05) is 66.7 Å². The molecule has 0 radical (unpaired) electrons. The zero-order valence-electron chi connectivity index (χ0n) is 21.5. The lowest BCUT2D eigenvalue weighted by atomic mass is 9.89. The average molecular weight is 521 g/mol. The van der Waals surface area contributed by atoms with E-state index in [1.807, 2.05) is 82.3 Å². The minimum Gasteiger partial charge on any atom is -0.496 e. The number of nitrogens with zero attached hydrogens (tertiary/aromatic N) is 5. The molecule has 0 aliphatic carbocycles. The summed E-state index contributed by atoms with van der Waals surface area (Å²) in [7, 11) is 1.64. The fraction of sp³-hybridized carbons (Fsp3) is 0.200. The van der Waals surface area contributed by atoms with Crippen molar-refractivity contribution in [1.29, 1.82) is 0 Å². The van der Waals surface area contributed by atoms with Crippen LogP contribution >= 0.6 is 0 Å². The Morgan fingerprint density at radius 1 is 0.872 bits per heavy atom.